The lowest BCUT2D eigenvalue weighted by molar-refractivity contribution is -0.134. The number of alkyl halides is 2. The van der Waals surface area contributed by atoms with Crippen LogP contribution in [-0.2, 0) is 4.79 Å². The van der Waals surface area contributed by atoms with E-state index in [1.54, 1.807) is 11.9 Å². The van der Waals surface area contributed by atoms with Crippen molar-refractivity contribution in [2.24, 2.45) is 0 Å². The molecule has 1 heterocycles. The Balaban J connectivity index is 2.80. The number of nitrogens with zero attached hydrogens (tertiary/aromatic N) is 2. The number of hydrogen-bond donors (Lipinski definition) is 1. The maximum atomic E-state index is 10.6. The number of aliphatic carboxylic acids is 1. The van der Waals surface area contributed by atoms with Gasteiger partial charge in [-0.15, -0.1) is 0 Å². The highest BCUT2D eigenvalue weighted by Gasteiger charge is 2.27. The number of carboxylic acids is 1. The highest BCUT2D eigenvalue weighted by Crippen LogP contribution is 2.22. The van der Waals surface area contributed by atoms with E-state index < -0.39 is 10.9 Å². The van der Waals surface area contributed by atoms with Gasteiger partial charge in [-0.1, -0.05) is 23.2 Å². The minimum Gasteiger partial charge on any atom is -0.477 e. The summed E-state index contributed by atoms with van der Waals surface area (Å²) in [6, 6.07) is 0. The zero-order valence-corrected chi connectivity index (χ0v) is 7.88. The van der Waals surface area contributed by atoms with Crippen molar-refractivity contribution < 1.29 is 9.90 Å². The molecule has 68 valence electrons. The van der Waals surface area contributed by atoms with Gasteiger partial charge in [-0.25, -0.2) is 4.79 Å². The Morgan fingerprint density at radius 3 is 2.67 bits per heavy atom. The van der Waals surface area contributed by atoms with E-state index >= 15 is 0 Å². The van der Waals surface area contributed by atoms with Crippen molar-refractivity contribution in [2.75, 3.05) is 13.7 Å². The third-order valence-corrected chi connectivity index (χ3v) is 1.95. The zero-order valence-electron chi connectivity index (χ0n) is 6.37. The predicted octanol–water partition coefficient (Wildman–Crippen LogP) is 0.878. The first-order valence-electron chi connectivity index (χ1n) is 3.22. The van der Waals surface area contributed by atoms with Crippen LogP contribution in [0, 0.1) is 0 Å². The molecule has 0 amide bonds. The number of halogens is 2. The topological polar surface area (TPSA) is 43.8 Å². The summed E-state index contributed by atoms with van der Waals surface area (Å²) >= 11 is 11.1. The Morgan fingerprint density at radius 1 is 1.75 bits per heavy atom. The first-order chi connectivity index (χ1) is 5.52. The summed E-state index contributed by atoms with van der Waals surface area (Å²) in [5.74, 6) is -1.02. The van der Waals surface area contributed by atoms with Gasteiger partial charge in [0.25, 0.3) is 0 Å². The zero-order chi connectivity index (χ0) is 9.30. The van der Waals surface area contributed by atoms with Crippen LogP contribution in [0.5, 0.6) is 0 Å². The minimum atomic E-state index is -1.02. The first kappa shape index (κ1) is 9.48. The maximum Gasteiger partial charge on any atom is 0.353 e. The van der Waals surface area contributed by atoms with Crippen molar-refractivity contribution in [2.45, 2.75) is 4.96 Å². The second-order valence-corrected chi connectivity index (χ2v) is 3.52. The van der Waals surface area contributed by atoms with Crippen molar-refractivity contribution in [3.63, 3.8) is 0 Å². The molecule has 0 unspecified atom stereocenters. The summed E-state index contributed by atoms with van der Waals surface area (Å²) in [6.45, 7) is 0.402. The summed E-state index contributed by atoms with van der Waals surface area (Å²) in [6.07, 6.45) is 1.49. The Morgan fingerprint density at radius 2 is 2.33 bits per heavy atom. The van der Waals surface area contributed by atoms with Gasteiger partial charge in [0.2, 0.25) is 0 Å². The van der Waals surface area contributed by atoms with Gasteiger partial charge in [-0.05, 0) is 0 Å². The Hall–Kier alpha value is -0.610. The van der Waals surface area contributed by atoms with Crippen LogP contribution in [0.25, 0.3) is 0 Å². The Kier molecular flexibility index (Phi) is 2.69. The largest absolute Gasteiger partial charge is 0.477 e. The van der Waals surface area contributed by atoms with E-state index in [0.29, 0.717) is 6.67 Å². The van der Waals surface area contributed by atoms with Crippen molar-refractivity contribution >= 4 is 29.2 Å². The number of carboxylic acid groups (broad SMARTS) is 1. The normalized spacial score (nSPS) is 17.2. The standard InChI is InChI=1S/C6H8Cl2N2O2/c1-9-2-4(5(11)12)10(3-9)6(7)8/h2,6H,3H2,1H3,(H,11,12). The molecule has 0 aromatic carbocycles. The maximum absolute atomic E-state index is 10.6. The molecule has 1 aliphatic rings. The second kappa shape index (κ2) is 3.41. The highest BCUT2D eigenvalue weighted by atomic mass is 35.5. The fourth-order valence-corrected chi connectivity index (χ4v) is 1.32. The molecule has 4 nitrogen and oxygen atoms in total. The van der Waals surface area contributed by atoms with Gasteiger partial charge >= 0.3 is 5.97 Å². The van der Waals surface area contributed by atoms with E-state index in [1.807, 2.05) is 0 Å². The molecular weight excluding hydrogens is 203 g/mol. The fraction of sp³-hybridized carbons (Fsp3) is 0.500. The number of rotatable bonds is 2. The third-order valence-electron chi connectivity index (χ3n) is 1.48. The summed E-state index contributed by atoms with van der Waals surface area (Å²) in [7, 11) is 1.75. The van der Waals surface area contributed by atoms with E-state index in [-0.39, 0.29) is 5.70 Å². The first-order valence-corrected chi connectivity index (χ1v) is 4.10. The molecule has 0 saturated carbocycles. The molecule has 0 saturated heterocycles. The summed E-state index contributed by atoms with van der Waals surface area (Å²) in [4.78, 5) is 12.9. The van der Waals surface area contributed by atoms with Crippen molar-refractivity contribution in [3.8, 4) is 0 Å². The third kappa shape index (κ3) is 1.76. The van der Waals surface area contributed by atoms with E-state index in [0.717, 1.165) is 0 Å². The summed E-state index contributed by atoms with van der Waals surface area (Å²) in [5.41, 5.74) is 0.118. The van der Waals surface area contributed by atoms with Crippen LogP contribution in [0.2, 0.25) is 0 Å². The van der Waals surface area contributed by atoms with Crippen LogP contribution in [0.3, 0.4) is 0 Å². The van der Waals surface area contributed by atoms with Gasteiger partial charge in [0, 0.05) is 13.2 Å². The van der Waals surface area contributed by atoms with Crippen LogP contribution in [-0.4, -0.2) is 39.6 Å². The van der Waals surface area contributed by atoms with Crippen molar-refractivity contribution in [1.29, 1.82) is 0 Å². The lowest BCUT2D eigenvalue weighted by Crippen LogP contribution is -2.30. The molecule has 1 N–H and O–H groups in total. The van der Waals surface area contributed by atoms with E-state index in [4.69, 9.17) is 28.3 Å². The van der Waals surface area contributed by atoms with E-state index in [1.165, 1.54) is 11.1 Å². The number of carbonyl (C=O) groups is 1. The molecule has 0 fully saturated rings. The average Bonchev–Trinajstić information content (AvgIpc) is 2.31. The SMILES string of the molecule is CN1C=C(C(=O)O)N(C(Cl)Cl)C1. The lowest BCUT2D eigenvalue weighted by atomic mass is 10.5. The fourth-order valence-electron chi connectivity index (χ4n) is 0.985. The molecule has 0 bridgehead atoms. The molecule has 0 aromatic rings. The van der Waals surface area contributed by atoms with Crippen LogP contribution in [0.15, 0.2) is 11.9 Å². The van der Waals surface area contributed by atoms with Crippen LogP contribution < -0.4 is 0 Å². The molecular formula is C6H8Cl2N2O2. The van der Waals surface area contributed by atoms with Gasteiger partial charge < -0.3 is 14.9 Å². The smallest absolute Gasteiger partial charge is 0.353 e. The van der Waals surface area contributed by atoms with Crippen LogP contribution in [0.4, 0.5) is 0 Å². The second-order valence-electron chi connectivity index (χ2n) is 2.47. The lowest BCUT2D eigenvalue weighted by Gasteiger charge is -2.21. The van der Waals surface area contributed by atoms with Crippen LogP contribution in [0.1, 0.15) is 0 Å². The molecule has 0 spiro atoms. The molecule has 0 aromatic heterocycles. The van der Waals surface area contributed by atoms with Gasteiger partial charge in [-0.2, -0.15) is 0 Å². The predicted molar refractivity (Wildman–Crippen MR) is 45.7 cm³/mol. The molecule has 0 atom stereocenters. The molecule has 0 aliphatic carbocycles. The van der Waals surface area contributed by atoms with Crippen LogP contribution >= 0.6 is 23.2 Å². The molecule has 6 heteroatoms. The quantitative estimate of drug-likeness (QED) is 0.543. The van der Waals surface area contributed by atoms with E-state index in [2.05, 4.69) is 0 Å². The summed E-state index contributed by atoms with van der Waals surface area (Å²) < 4.78 is 0. The van der Waals surface area contributed by atoms with Gasteiger partial charge in [0.15, 0.2) is 4.96 Å². The summed E-state index contributed by atoms with van der Waals surface area (Å²) in [5, 5.41) is 8.70. The van der Waals surface area contributed by atoms with Crippen molar-refractivity contribution in [3.05, 3.63) is 11.9 Å². The van der Waals surface area contributed by atoms with E-state index in [9.17, 15) is 4.79 Å². The minimum absolute atomic E-state index is 0.118. The van der Waals surface area contributed by atoms with Gasteiger partial charge in [-0.3, -0.25) is 0 Å². The molecule has 1 aliphatic heterocycles. The molecule has 1 rings (SSSR count). The van der Waals surface area contributed by atoms with Gasteiger partial charge in [0.1, 0.15) is 5.70 Å². The Bertz CT molecular complexity index is 230. The van der Waals surface area contributed by atoms with Gasteiger partial charge in [0.05, 0.1) is 6.67 Å². The monoisotopic (exact) mass is 210 g/mol. The Labute approximate surface area is 80.0 Å². The number of hydrogen-bond acceptors (Lipinski definition) is 3. The molecule has 12 heavy (non-hydrogen) atoms. The molecule has 0 radical (unpaired) electrons. The average molecular weight is 211 g/mol. The van der Waals surface area contributed by atoms with Crippen molar-refractivity contribution in [1.82, 2.24) is 9.80 Å². The highest BCUT2D eigenvalue weighted by molar-refractivity contribution is 6.44.